The van der Waals surface area contributed by atoms with E-state index in [2.05, 4.69) is 4.90 Å². The zero-order chi connectivity index (χ0) is 12.3. The Bertz CT molecular complexity index is 401. The molecule has 4 nitrogen and oxygen atoms in total. The number of nitrogens with zero attached hydrogens (tertiary/aromatic N) is 1. The van der Waals surface area contributed by atoms with E-state index < -0.39 is 0 Å². The van der Waals surface area contributed by atoms with Crippen molar-refractivity contribution in [3.05, 3.63) is 35.4 Å². The molecule has 2 rings (SSSR count). The minimum atomic E-state index is -0.372. The lowest BCUT2D eigenvalue weighted by Gasteiger charge is -2.21. The third-order valence-electron chi connectivity index (χ3n) is 3.08. The monoisotopic (exact) mass is 233 g/mol. The van der Waals surface area contributed by atoms with E-state index in [1.165, 1.54) is 12.8 Å². The molecular formula is C13H19N3O. The normalized spacial score (nSPS) is 15.2. The molecule has 0 radical (unpaired) electrons. The van der Waals surface area contributed by atoms with Crippen molar-refractivity contribution in [2.75, 3.05) is 13.1 Å². The second-order valence-corrected chi connectivity index (χ2v) is 4.55. The van der Waals surface area contributed by atoms with E-state index in [0.29, 0.717) is 18.2 Å². The summed E-state index contributed by atoms with van der Waals surface area (Å²) < 4.78 is 0. The second kappa shape index (κ2) is 5.29. The van der Waals surface area contributed by atoms with Gasteiger partial charge in [-0.2, -0.15) is 0 Å². The zero-order valence-corrected chi connectivity index (χ0v) is 9.93. The molecule has 1 aliphatic carbocycles. The maximum absolute atomic E-state index is 11.1. The summed E-state index contributed by atoms with van der Waals surface area (Å²) in [6.07, 6.45) is 2.52. The van der Waals surface area contributed by atoms with Gasteiger partial charge in [-0.15, -0.1) is 0 Å². The minimum Gasteiger partial charge on any atom is -0.366 e. The number of benzene rings is 1. The number of hydrogen-bond acceptors (Lipinski definition) is 3. The Morgan fingerprint density at radius 2 is 2.18 bits per heavy atom. The van der Waals surface area contributed by atoms with E-state index in [0.717, 1.165) is 18.7 Å². The number of carbonyl (C=O) groups excluding carboxylic acids is 1. The van der Waals surface area contributed by atoms with E-state index in [9.17, 15) is 4.79 Å². The van der Waals surface area contributed by atoms with Crippen LogP contribution < -0.4 is 11.5 Å². The van der Waals surface area contributed by atoms with Crippen LogP contribution in [0.1, 0.15) is 28.8 Å². The number of amides is 1. The van der Waals surface area contributed by atoms with Crippen molar-refractivity contribution in [1.82, 2.24) is 4.90 Å². The van der Waals surface area contributed by atoms with Gasteiger partial charge in [0.2, 0.25) is 5.91 Å². The van der Waals surface area contributed by atoms with Gasteiger partial charge in [0.05, 0.1) is 0 Å². The number of nitrogens with two attached hydrogens (primary N) is 2. The fourth-order valence-corrected chi connectivity index (χ4v) is 2.05. The van der Waals surface area contributed by atoms with Crippen LogP contribution in [0, 0.1) is 0 Å². The van der Waals surface area contributed by atoms with E-state index in [-0.39, 0.29) is 5.91 Å². The van der Waals surface area contributed by atoms with Crippen molar-refractivity contribution in [2.24, 2.45) is 11.5 Å². The summed E-state index contributed by atoms with van der Waals surface area (Å²) in [6, 6.07) is 8.20. The van der Waals surface area contributed by atoms with Gasteiger partial charge < -0.3 is 11.5 Å². The lowest BCUT2D eigenvalue weighted by atomic mass is 10.1. The molecule has 1 amide bonds. The first kappa shape index (κ1) is 12.1. The smallest absolute Gasteiger partial charge is 0.248 e. The van der Waals surface area contributed by atoms with Gasteiger partial charge in [-0.05, 0) is 30.5 Å². The highest BCUT2D eigenvalue weighted by molar-refractivity contribution is 5.92. The van der Waals surface area contributed by atoms with Gasteiger partial charge >= 0.3 is 0 Å². The number of hydrogen-bond donors (Lipinski definition) is 2. The van der Waals surface area contributed by atoms with Crippen LogP contribution in [-0.4, -0.2) is 29.9 Å². The Hall–Kier alpha value is -1.39. The van der Waals surface area contributed by atoms with Crippen molar-refractivity contribution in [1.29, 1.82) is 0 Å². The van der Waals surface area contributed by atoms with Gasteiger partial charge in [-0.3, -0.25) is 9.69 Å². The largest absolute Gasteiger partial charge is 0.366 e. The molecule has 17 heavy (non-hydrogen) atoms. The Labute approximate surface area is 102 Å². The highest BCUT2D eigenvalue weighted by Crippen LogP contribution is 2.27. The van der Waals surface area contributed by atoms with Crippen molar-refractivity contribution < 1.29 is 4.79 Å². The molecule has 4 N–H and O–H groups in total. The summed E-state index contributed by atoms with van der Waals surface area (Å²) in [5.41, 5.74) is 12.6. The summed E-state index contributed by atoms with van der Waals surface area (Å²) in [5, 5.41) is 0. The number of rotatable bonds is 6. The lowest BCUT2D eigenvalue weighted by Crippen LogP contribution is -2.31. The number of carbonyl (C=O) groups is 1. The van der Waals surface area contributed by atoms with Crippen LogP contribution >= 0.6 is 0 Å². The van der Waals surface area contributed by atoms with Crippen molar-refractivity contribution >= 4 is 5.91 Å². The summed E-state index contributed by atoms with van der Waals surface area (Å²) in [5.74, 6) is -0.372. The van der Waals surface area contributed by atoms with Crippen LogP contribution in [-0.2, 0) is 6.54 Å². The molecule has 0 atom stereocenters. The molecule has 0 spiro atoms. The van der Waals surface area contributed by atoms with Gasteiger partial charge in [-0.25, -0.2) is 0 Å². The maximum atomic E-state index is 11.1. The van der Waals surface area contributed by atoms with Gasteiger partial charge in [0, 0.05) is 31.2 Å². The van der Waals surface area contributed by atoms with Crippen molar-refractivity contribution in [3.63, 3.8) is 0 Å². The molecule has 0 aliphatic heterocycles. The van der Waals surface area contributed by atoms with Crippen LogP contribution in [0.4, 0.5) is 0 Å². The Morgan fingerprint density at radius 1 is 1.41 bits per heavy atom. The SMILES string of the molecule is NCCN(Cc1cccc(C(N)=O)c1)C1CC1. The summed E-state index contributed by atoms with van der Waals surface area (Å²) >= 11 is 0. The van der Waals surface area contributed by atoms with E-state index in [4.69, 9.17) is 11.5 Å². The summed E-state index contributed by atoms with van der Waals surface area (Å²) in [4.78, 5) is 13.5. The van der Waals surface area contributed by atoms with Gasteiger partial charge in [0.25, 0.3) is 0 Å². The first-order valence-electron chi connectivity index (χ1n) is 6.03. The molecule has 1 saturated carbocycles. The Kier molecular flexibility index (Phi) is 3.76. The predicted octanol–water partition coefficient (Wildman–Crippen LogP) is 0.709. The Morgan fingerprint density at radius 3 is 2.76 bits per heavy atom. The standard InChI is InChI=1S/C13H19N3O/c14-6-7-16(12-4-5-12)9-10-2-1-3-11(8-10)13(15)17/h1-3,8,12H,4-7,9,14H2,(H2,15,17). The minimum absolute atomic E-state index is 0.372. The van der Waals surface area contributed by atoms with Gasteiger partial charge in [0.1, 0.15) is 0 Å². The molecule has 92 valence electrons. The first-order valence-corrected chi connectivity index (χ1v) is 6.03. The molecule has 1 fully saturated rings. The molecule has 0 aromatic heterocycles. The van der Waals surface area contributed by atoms with E-state index in [1.807, 2.05) is 18.2 Å². The third kappa shape index (κ3) is 3.28. The molecule has 4 heteroatoms. The lowest BCUT2D eigenvalue weighted by molar-refractivity contribution is 0.1000. The molecule has 0 saturated heterocycles. The highest BCUT2D eigenvalue weighted by atomic mass is 16.1. The van der Waals surface area contributed by atoms with Crippen LogP contribution in [0.5, 0.6) is 0 Å². The number of primary amides is 1. The predicted molar refractivity (Wildman–Crippen MR) is 67.4 cm³/mol. The quantitative estimate of drug-likeness (QED) is 0.760. The maximum Gasteiger partial charge on any atom is 0.248 e. The third-order valence-corrected chi connectivity index (χ3v) is 3.08. The zero-order valence-electron chi connectivity index (χ0n) is 9.93. The van der Waals surface area contributed by atoms with Crippen LogP contribution in [0.2, 0.25) is 0 Å². The average molecular weight is 233 g/mol. The topological polar surface area (TPSA) is 72.3 Å². The van der Waals surface area contributed by atoms with Crippen LogP contribution in [0.15, 0.2) is 24.3 Å². The van der Waals surface area contributed by atoms with Gasteiger partial charge in [0.15, 0.2) is 0 Å². The molecule has 0 heterocycles. The fourth-order valence-electron chi connectivity index (χ4n) is 2.05. The first-order chi connectivity index (χ1) is 8.20. The molecule has 1 aliphatic rings. The molecule has 0 unspecified atom stereocenters. The summed E-state index contributed by atoms with van der Waals surface area (Å²) in [6.45, 7) is 2.43. The Balaban J connectivity index is 2.05. The van der Waals surface area contributed by atoms with E-state index in [1.54, 1.807) is 6.07 Å². The van der Waals surface area contributed by atoms with E-state index >= 15 is 0 Å². The summed E-state index contributed by atoms with van der Waals surface area (Å²) in [7, 11) is 0. The molecule has 0 bridgehead atoms. The molecule has 1 aromatic rings. The van der Waals surface area contributed by atoms with Crippen LogP contribution in [0.25, 0.3) is 0 Å². The van der Waals surface area contributed by atoms with Crippen LogP contribution in [0.3, 0.4) is 0 Å². The fraction of sp³-hybridized carbons (Fsp3) is 0.462. The second-order valence-electron chi connectivity index (χ2n) is 4.55. The highest BCUT2D eigenvalue weighted by Gasteiger charge is 2.28. The van der Waals surface area contributed by atoms with Gasteiger partial charge in [-0.1, -0.05) is 12.1 Å². The van der Waals surface area contributed by atoms with Crippen molar-refractivity contribution in [2.45, 2.75) is 25.4 Å². The molecule has 1 aromatic carbocycles. The molecular weight excluding hydrogens is 214 g/mol. The average Bonchev–Trinajstić information content (AvgIpc) is 3.13. The van der Waals surface area contributed by atoms with Crippen molar-refractivity contribution in [3.8, 4) is 0 Å².